The Bertz CT molecular complexity index is 1540. The van der Waals surface area contributed by atoms with Gasteiger partial charge in [-0.15, -0.1) is 0 Å². The van der Waals surface area contributed by atoms with Crippen molar-refractivity contribution in [2.24, 2.45) is 0 Å². The van der Waals surface area contributed by atoms with Crippen LogP contribution >= 0.6 is 31.9 Å². The van der Waals surface area contributed by atoms with Crippen LogP contribution in [0, 0.1) is 0 Å². The number of nitrogens with zero attached hydrogens (tertiary/aromatic N) is 2. The zero-order valence-corrected chi connectivity index (χ0v) is 31.9. The molecule has 0 aliphatic rings. The molecule has 48 heavy (non-hydrogen) atoms. The molecule has 0 N–H and O–H groups in total. The lowest BCUT2D eigenvalue weighted by Crippen LogP contribution is -2.43. The van der Waals surface area contributed by atoms with E-state index in [2.05, 4.69) is 73.4 Å². The summed E-state index contributed by atoms with van der Waals surface area (Å²) in [6.07, 6.45) is 0. The molecule has 0 spiro atoms. The van der Waals surface area contributed by atoms with Gasteiger partial charge in [0.1, 0.15) is 11.5 Å². The van der Waals surface area contributed by atoms with Gasteiger partial charge in [0.05, 0.1) is 8.95 Å². The Labute approximate surface area is 302 Å². The number of halogens is 2. The van der Waals surface area contributed by atoms with Gasteiger partial charge in [-0.2, -0.15) is 0 Å². The fraction of sp³-hybridized carbons (Fsp3) is 0.350. The molecule has 2 amide bonds. The fourth-order valence-corrected chi connectivity index (χ4v) is 6.05. The maximum absolute atomic E-state index is 13.7. The van der Waals surface area contributed by atoms with Crippen LogP contribution < -0.4 is 9.47 Å². The number of carbonyl (C=O) groups excluding carboxylic acids is 2. The molecule has 0 aliphatic heterocycles. The average Bonchev–Trinajstić information content (AvgIpc) is 3.04. The van der Waals surface area contributed by atoms with Gasteiger partial charge in [-0.1, -0.05) is 114 Å². The molecule has 8 heteroatoms. The van der Waals surface area contributed by atoms with E-state index in [1.807, 2.05) is 97.1 Å². The Morgan fingerprint density at radius 3 is 1.23 bits per heavy atom. The molecule has 0 aromatic heterocycles. The van der Waals surface area contributed by atoms with E-state index in [9.17, 15) is 9.59 Å². The van der Waals surface area contributed by atoms with Crippen molar-refractivity contribution in [3.05, 3.63) is 128 Å². The molecule has 4 aromatic carbocycles. The minimum Gasteiger partial charge on any atom is -0.483 e. The third kappa shape index (κ3) is 11.0. The Balaban J connectivity index is 1.48. The molecule has 0 radical (unpaired) electrons. The first-order valence-electron chi connectivity index (χ1n) is 16.2. The molecule has 0 aliphatic carbocycles. The number of hydrogen-bond acceptors (Lipinski definition) is 4. The van der Waals surface area contributed by atoms with Crippen LogP contribution in [0.15, 0.2) is 106 Å². The van der Waals surface area contributed by atoms with Crippen molar-refractivity contribution in [1.82, 2.24) is 9.80 Å². The first kappa shape index (κ1) is 37.2. The van der Waals surface area contributed by atoms with Crippen LogP contribution in [0.4, 0.5) is 0 Å². The minimum absolute atomic E-state index is 0.00910. The highest BCUT2D eigenvalue weighted by Gasteiger charge is 2.22. The molecule has 0 saturated heterocycles. The van der Waals surface area contributed by atoms with E-state index in [0.29, 0.717) is 37.7 Å². The smallest absolute Gasteiger partial charge is 0.260 e. The second-order valence-corrected chi connectivity index (χ2v) is 15.7. The molecular weight excluding hydrogens is 732 g/mol. The topological polar surface area (TPSA) is 59.1 Å². The molecule has 0 fully saturated rings. The summed E-state index contributed by atoms with van der Waals surface area (Å²) in [5.74, 6) is 0.875. The van der Waals surface area contributed by atoms with Gasteiger partial charge in [-0.3, -0.25) is 9.59 Å². The van der Waals surface area contributed by atoms with Crippen molar-refractivity contribution >= 4 is 43.7 Å². The van der Waals surface area contributed by atoms with Crippen LogP contribution in [0.5, 0.6) is 11.5 Å². The molecule has 0 unspecified atom stereocenters. The quantitative estimate of drug-likeness (QED) is 0.136. The summed E-state index contributed by atoms with van der Waals surface area (Å²) in [6.45, 7) is 14.1. The molecular formula is C40H46Br2N2O4. The van der Waals surface area contributed by atoms with Gasteiger partial charge >= 0.3 is 0 Å². The molecule has 4 rings (SSSR count). The molecule has 0 saturated carbocycles. The summed E-state index contributed by atoms with van der Waals surface area (Å²) >= 11 is 7.23. The Morgan fingerprint density at radius 2 is 0.917 bits per heavy atom. The predicted molar refractivity (Wildman–Crippen MR) is 200 cm³/mol. The van der Waals surface area contributed by atoms with E-state index >= 15 is 0 Å². The molecule has 4 aromatic rings. The number of ether oxygens (including phenoxy) is 2. The predicted octanol–water partition coefficient (Wildman–Crippen LogP) is 9.32. The standard InChI is InChI=1S/C40H46Br2N2O4/c1-39(2,3)31-17-19-35(33(41)23-31)47-27-37(45)43(25-29-13-9-7-10-14-29)21-22-44(26-30-15-11-8-12-16-30)38(46)28-48-36-20-18-32(24-34(36)42)40(4,5)6/h7-20,23-24H,21-22,25-28H2,1-6H3. The normalized spacial score (nSPS) is 11.6. The van der Waals surface area contributed by atoms with E-state index in [1.165, 1.54) is 11.1 Å². The SMILES string of the molecule is CC(C)(C)c1ccc(OCC(=O)N(CCN(Cc2ccccc2)C(=O)COc2ccc(C(C)(C)C)cc2Br)Cc2ccccc2)c(Br)c1. The van der Waals surface area contributed by atoms with Crippen molar-refractivity contribution in [2.75, 3.05) is 26.3 Å². The van der Waals surface area contributed by atoms with Crippen molar-refractivity contribution in [1.29, 1.82) is 0 Å². The second-order valence-electron chi connectivity index (χ2n) is 14.0. The van der Waals surface area contributed by atoms with Crippen molar-refractivity contribution in [3.63, 3.8) is 0 Å². The van der Waals surface area contributed by atoms with E-state index in [0.717, 1.165) is 20.1 Å². The molecule has 254 valence electrons. The minimum atomic E-state index is -0.170. The summed E-state index contributed by atoms with van der Waals surface area (Å²) in [5.41, 5.74) is 4.31. The van der Waals surface area contributed by atoms with E-state index in [1.54, 1.807) is 9.80 Å². The first-order chi connectivity index (χ1) is 22.7. The van der Waals surface area contributed by atoms with Gasteiger partial charge in [-0.05, 0) is 89.2 Å². The lowest BCUT2D eigenvalue weighted by Gasteiger charge is -2.28. The first-order valence-corrected chi connectivity index (χ1v) is 17.8. The van der Waals surface area contributed by atoms with Gasteiger partial charge in [-0.25, -0.2) is 0 Å². The number of amides is 2. The van der Waals surface area contributed by atoms with Crippen molar-refractivity contribution in [3.8, 4) is 11.5 Å². The molecule has 0 bridgehead atoms. The van der Waals surface area contributed by atoms with Crippen LogP contribution in [-0.4, -0.2) is 47.9 Å². The number of rotatable bonds is 13. The third-order valence-electron chi connectivity index (χ3n) is 8.08. The highest BCUT2D eigenvalue weighted by atomic mass is 79.9. The summed E-state index contributed by atoms with van der Waals surface area (Å²) < 4.78 is 13.6. The van der Waals surface area contributed by atoms with Crippen LogP contribution in [0.2, 0.25) is 0 Å². The van der Waals surface area contributed by atoms with Crippen LogP contribution in [0.1, 0.15) is 63.8 Å². The highest BCUT2D eigenvalue weighted by Crippen LogP contribution is 2.33. The Hall–Kier alpha value is -3.62. The van der Waals surface area contributed by atoms with E-state index in [-0.39, 0.29) is 35.9 Å². The van der Waals surface area contributed by atoms with Gasteiger partial charge in [0.15, 0.2) is 13.2 Å². The Morgan fingerprint density at radius 1 is 0.562 bits per heavy atom. The van der Waals surface area contributed by atoms with Crippen LogP contribution in [0.3, 0.4) is 0 Å². The van der Waals surface area contributed by atoms with Crippen molar-refractivity contribution < 1.29 is 19.1 Å². The second kappa shape index (κ2) is 16.7. The van der Waals surface area contributed by atoms with Crippen molar-refractivity contribution in [2.45, 2.75) is 65.5 Å². The zero-order chi connectivity index (χ0) is 34.9. The largest absolute Gasteiger partial charge is 0.483 e. The lowest BCUT2D eigenvalue weighted by atomic mass is 9.87. The zero-order valence-electron chi connectivity index (χ0n) is 28.8. The third-order valence-corrected chi connectivity index (χ3v) is 9.32. The van der Waals surface area contributed by atoms with Crippen LogP contribution in [-0.2, 0) is 33.5 Å². The molecule has 0 heterocycles. The highest BCUT2D eigenvalue weighted by molar-refractivity contribution is 9.10. The maximum atomic E-state index is 13.7. The van der Waals surface area contributed by atoms with E-state index < -0.39 is 0 Å². The summed E-state index contributed by atoms with van der Waals surface area (Å²) in [7, 11) is 0. The summed E-state index contributed by atoms with van der Waals surface area (Å²) in [6, 6.07) is 31.6. The maximum Gasteiger partial charge on any atom is 0.260 e. The number of hydrogen-bond donors (Lipinski definition) is 0. The van der Waals surface area contributed by atoms with Gasteiger partial charge in [0, 0.05) is 26.2 Å². The van der Waals surface area contributed by atoms with Crippen LogP contribution in [0.25, 0.3) is 0 Å². The number of carbonyl (C=O) groups is 2. The van der Waals surface area contributed by atoms with Gasteiger partial charge in [0.2, 0.25) is 0 Å². The van der Waals surface area contributed by atoms with E-state index in [4.69, 9.17) is 9.47 Å². The summed E-state index contributed by atoms with van der Waals surface area (Å²) in [4.78, 5) is 30.9. The Kier molecular flexibility index (Phi) is 12.9. The fourth-order valence-electron chi connectivity index (χ4n) is 5.06. The monoisotopic (exact) mass is 776 g/mol. The summed E-state index contributed by atoms with van der Waals surface area (Å²) in [5, 5.41) is 0. The van der Waals surface area contributed by atoms with Gasteiger partial charge < -0.3 is 19.3 Å². The molecule has 0 atom stereocenters. The molecule has 6 nitrogen and oxygen atoms in total. The van der Waals surface area contributed by atoms with Gasteiger partial charge in [0.25, 0.3) is 11.8 Å². The lowest BCUT2D eigenvalue weighted by molar-refractivity contribution is -0.138. The average molecular weight is 779 g/mol. The number of benzene rings is 4.